The summed E-state index contributed by atoms with van der Waals surface area (Å²) in [4.78, 5) is 2.25. The lowest BCUT2D eigenvalue weighted by molar-refractivity contribution is 0.297. The first-order valence-electron chi connectivity index (χ1n) is 6.63. The van der Waals surface area contributed by atoms with Crippen molar-refractivity contribution in [3.63, 3.8) is 0 Å². The smallest absolute Gasteiger partial charge is 0.0643 e. The molecule has 4 heteroatoms. The first-order valence-corrected chi connectivity index (χ1v) is 7.00. The van der Waals surface area contributed by atoms with Gasteiger partial charge in [-0.1, -0.05) is 36.6 Å². The van der Waals surface area contributed by atoms with Crippen LogP contribution in [-0.2, 0) is 6.54 Å². The first kappa shape index (κ1) is 13.7. The minimum atomic E-state index is 0.145. The van der Waals surface area contributed by atoms with Crippen molar-refractivity contribution >= 4 is 17.3 Å². The summed E-state index contributed by atoms with van der Waals surface area (Å²) >= 11 is 6.34. The monoisotopic (exact) mass is 268 g/mol. The number of nitrogens with two attached hydrogens (primary N) is 1. The van der Waals surface area contributed by atoms with E-state index >= 15 is 0 Å². The normalized spacial score (nSPS) is 16.2. The molecule has 0 unspecified atom stereocenters. The van der Waals surface area contributed by atoms with E-state index in [9.17, 15) is 5.11 Å². The average molecular weight is 269 g/mol. The van der Waals surface area contributed by atoms with Crippen LogP contribution >= 0.6 is 11.6 Å². The van der Waals surface area contributed by atoms with Crippen molar-refractivity contribution in [3.05, 3.63) is 28.8 Å². The largest absolute Gasteiger partial charge is 0.395 e. The third-order valence-electron chi connectivity index (χ3n) is 3.68. The van der Waals surface area contributed by atoms with Gasteiger partial charge < -0.3 is 15.7 Å². The fraction of sp³-hybridized carbons (Fsp3) is 0.571. The Morgan fingerprint density at radius 1 is 1.33 bits per heavy atom. The first-order chi connectivity index (χ1) is 8.77. The van der Waals surface area contributed by atoms with Crippen LogP contribution in [0.3, 0.4) is 0 Å². The number of rotatable bonds is 5. The van der Waals surface area contributed by atoms with Crippen LogP contribution in [0.2, 0.25) is 5.02 Å². The maximum Gasteiger partial charge on any atom is 0.0643 e. The van der Waals surface area contributed by atoms with Crippen LogP contribution in [0, 0.1) is 0 Å². The molecule has 0 aromatic heterocycles. The molecule has 1 aliphatic rings. The van der Waals surface area contributed by atoms with E-state index in [4.69, 9.17) is 17.3 Å². The number of para-hydroxylation sites is 1. The molecule has 0 radical (unpaired) electrons. The Balaban J connectivity index is 2.34. The van der Waals surface area contributed by atoms with E-state index in [1.165, 1.54) is 25.7 Å². The van der Waals surface area contributed by atoms with E-state index in [2.05, 4.69) is 4.90 Å². The Kier molecular flexibility index (Phi) is 4.87. The quantitative estimate of drug-likeness (QED) is 0.863. The summed E-state index contributed by atoms with van der Waals surface area (Å²) in [7, 11) is 0. The van der Waals surface area contributed by atoms with Crippen LogP contribution in [0.5, 0.6) is 0 Å². The number of aliphatic hydroxyl groups is 1. The lowest BCUT2D eigenvalue weighted by atomic mass is 10.1. The SMILES string of the molecule is NCc1cccc(Cl)c1N(CCO)C1CCCC1. The summed E-state index contributed by atoms with van der Waals surface area (Å²) in [6.45, 7) is 1.25. The Morgan fingerprint density at radius 2 is 2.06 bits per heavy atom. The standard InChI is InChI=1S/C14H21ClN2O/c15-13-7-3-4-11(10-16)14(13)17(8-9-18)12-5-1-2-6-12/h3-4,7,12,18H,1-2,5-6,8-10,16H2. The minimum Gasteiger partial charge on any atom is -0.395 e. The summed E-state index contributed by atoms with van der Waals surface area (Å²) in [5.41, 5.74) is 7.88. The van der Waals surface area contributed by atoms with Gasteiger partial charge in [-0.05, 0) is 24.5 Å². The number of aliphatic hydroxyl groups excluding tert-OH is 1. The fourth-order valence-electron chi connectivity index (χ4n) is 2.85. The molecule has 100 valence electrons. The molecule has 18 heavy (non-hydrogen) atoms. The zero-order valence-corrected chi connectivity index (χ0v) is 11.4. The number of halogens is 1. The molecule has 2 rings (SSSR count). The molecule has 0 heterocycles. The molecule has 1 saturated carbocycles. The third kappa shape index (κ3) is 2.79. The van der Waals surface area contributed by atoms with Gasteiger partial charge in [-0.15, -0.1) is 0 Å². The maximum atomic E-state index is 9.30. The van der Waals surface area contributed by atoms with Crippen molar-refractivity contribution in [2.24, 2.45) is 5.73 Å². The Morgan fingerprint density at radius 3 is 2.67 bits per heavy atom. The second-order valence-corrected chi connectivity index (χ2v) is 5.21. The van der Waals surface area contributed by atoms with Crippen LogP contribution in [0.4, 0.5) is 5.69 Å². The number of nitrogens with zero attached hydrogens (tertiary/aromatic N) is 1. The van der Waals surface area contributed by atoms with E-state index in [0.29, 0.717) is 19.1 Å². The van der Waals surface area contributed by atoms with Crippen LogP contribution in [-0.4, -0.2) is 24.3 Å². The van der Waals surface area contributed by atoms with Gasteiger partial charge in [0.2, 0.25) is 0 Å². The number of hydrogen-bond acceptors (Lipinski definition) is 3. The molecule has 3 N–H and O–H groups in total. The highest BCUT2D eigenvalue weighted by Gasteiger charge is 2.25. The summed E-state index contributed by atoms with van der Waals surface area (Å²) in [6.07, 6.45) is 4.87. The molecule has 0 amide bonds. The number of anilines is 1. The van der Waals surface area contributed by atoms with Crippen LogP contribution < -0.4 is 10.6 Å². The Hall–Kier alpha value is -0.770. The number of benzene rings is 1. The molecule has 0 bridgehead atoms. The van der Waals surface area contributed by atoms with E-state index in [0.717, 1.165) is 16.3 Å². The second kappa shape index (κ2) is 6.41. The highest BCUT2D eigenvalue weighted by molar-refractivity contribution is 6.33. The average Bonchev–Trinajstić information content (AvgIpc) is 2.90. The predicted molar refractivity (Wildman–Crippen MR) is 76.0 cm³/mol. The molecular weight excluding hydrogens is 248 g/mol. The van der Waals surface area contributed by atoms with Crippen LogP contribution in [0.1, 0.15) is 31.2 Å². The molecule has 1 aliphatic carbocycles. The van der Waals surface area contributed by atoms with Gasteiger partial charge in [0.05, 0.1) is 17.3 Å². The van der Waals surface area contributed by atoms with Crippen molar-refractivity contribution in [1.29, 1.82) is 0 Å². The molecule has 3 nitrogen and oxygen atoms in total. The maximum absolute atomic E-state index is 9.30. The molecule has 1 aromatic rings. The topological polar surface area (TPSA) is 49.5 Å². The van der Waals surface area contributed by atoms with Gasteiger partial charge in [0, 0.05) is 19.1 Å². The lowest BCUT2D eigenvalue weighted by Gasteiger charge is -2.33. The van der Waals surface area contributed by atoms with Crippen molar-refractivity contribution in [1.82, 2.24) is 0 Å². The van der Waals surface area contributed by atoms with Crippen LogP contribution in [0.25, 0.3) is 0 Å². The molecule has 0 saturated heterocycles. The summed E-state index contributed by atoms with van der Waals surface area (Å²) < 4.78 is 0. The molecule has 0 atom stereocenters. The molecule has 1 fully saturated rings. The number of hydrogen-bond donors (Lipinski definition) is 2. The summed E-state index contributed by atoms with van der Waals surface area (Å²) in [6, 6.07) is 6.33. The predicted octanol–water partition coefficient (Wildman–Crippen LogP) is 2.54. The Bertz CT molecular complexity index is 391. The van der Waals surface area contributed by atoms with Crippen LogP contribution in [0.15, 0.2) is 18.2 Å². The fourth-order valence-corrected chi connectivity index (χ4v) is 3.15. The molecular formula is C14H21ClN2O. The van der Waals surface area contributed by atoms with Crippen molar-refractivity contribution in [2.45, 2.75) is 38.3 Å². The van der Waals surface area contributed by atoms with Gasteiger partial charge in [0.15, 0.2) is 0 Å². The highest BCUT2D eigenvalue weighted by Crippen LogP contribution is 2.35. The summed E-state index contributed by atoms with van der Waals surface area (Å²) in [5, 5.41) is 10.0. The lowest BCUT2D eigenvalue weighted by Crippen LogP contribution is -2.36. The van der Waals surface area contributed by atoms with E-state index in [-0.39, 0.29) is 6.61 Å². The zero-order chi connectivity index (χ0) is 13.0. The van der Waals surface area contributed by atoms with E-state index in [1.54, 1.807) is 0 Å². The molecule has 1 aromatic carbocycles. The van der Waals surface area contributed by atoms with E-state index < -0.39 is 0 Å². The van der Waals surface area contributed by atoms with Gasteiger partial charge in [0.1, 0.15) is 0 Å². The van der Waals surface area contributed by atoms with E-state index in [1.807, 2.05) is 18.2 Å². The van der Waals surface area contributed by atoms with Gasteiger partial charge in [0.25, 0.3) is 0 Å². The van der Waals surface area contributed by atoms with Crippen molar-refractivity contribution in [3.8, 4) is 0 Å². The highest BCUT2D eigenvalue weighted by atomic mass is 35.5. The van der Waals surface area contributed by atoms with Crippen molar-refractivity contribution in [2.75, 3.05) is 18.1 Å². The molecule has 0 aliphatic heterocycles. The van der Waals surface area contributed by atoms with Gasteiger partial charge in [-0.2, -0.15) is 0 Å². The molecule has 0 spiro atoms. The van der Waals surface area contributed by atoms with Crippen molar-refractivity contribution < 1.29 is 5.11 Å². The van der Waals surface area contributed by atoms with Gasteiger partial charge in [-0.25, -0.2) is 0 Å². The minimum absolute atomic E-state index is 0.145. The zero-order valence-electron chi connectivity index (χ0n) is 10.6. The third-order valence-corrected chi connectivity index (χ3v) is 3.99. The Labute approximate surface area is 114 Å². The second-order valence-electron chi connectivity index (χ2n) is 4.81. The van der Waals surface area contributed by atoms with Gasteiger partial charge in [-0.3, -0.25) is 0 Å². The summed E-state index contributed by atoms with van der Waals surface area (Å²) in [5.74, 6) is 0. The van der Waals surface area contributed by atoms with Gasteiger partial charge >= 0.3 is 0 Å².